The number of hydrogen-bond acceptors (Lipinski definition) is 11. The lowest BCUT2D eigenvalue weighted by atomic mass is 10.0. The van der Waals surface area contributed by atoms with Crippen LogP contribution in [0.4, 0.5) is 20.7 Å². The molecule has 17 heteroatoms. The Morgan fingerprint density at radius 2 is 1.71 bits per heavy atom. The molecule has 0 radical (unpaired) electrons. The van der Waals surface area contributed by atoms with E-state index >= 15 is 0 Å². The van der Waals surface area contributed by atoms with Gasteiger partial charge in [-0.25, -0.2) is 9.18 Å². The van der Waals surface area contributed by atoms with Crippen LogP contribution in [0.15, 0.2) is 36.4 Å². The number of fused-ring (bicyclic) bond motifs is 4. The smallest absolute Gasteiger partial charge is 0.315 e. The van der Waals surface area contributed by atoms with E-state index in [-0.39, 0.29) is 42.4 Å². The fraction of sp³-hybridized carbons (Fsp3) is 0.571. The van der Waals surface area contributed by atoms with Gasteiger partial charge in [0.05, 0.1) is 64.0 Å². The topological polar surface area (TPSA) is 186 Å². The summed E-state index contributed by atoms with van der Waals surface area (Å²) in [5.41, 5.74) is 4.53. The lowest BCUT2D eigenvalue weighted by Gasteiger charge is -2.16. The van der Waals surface area contributed by atoms with E-state index < -0.39 is 0 Å². The molecule has 0 spiro atoms. The standard InChI is InChI=1S/C42H58FN7O8S/c1-2-57-34-24-28-23-32-40(31(28)26-35(34)58-18-8-17-51)50(49-41(32)46-30-10-7-9-29(43)25-30)16-20-56-22-21-55-19-15-45-38(53)13-5-6-14-44-37(52)12-4-3-11-36-39-33(27-59-36)47-42(54)48-39/h7,9-10,24-26,33,36,39,51H,2-6,8,11-23,27H2,1H3,(H,44,52)(H,45,53)(H,46,49)(H2,47,48,54). The molecule has 2 saturated heterocycles. The Labute approximate surface area is 349 Å². The molecule has 3 aliphatic rings. The molecule has 0 saturated carbocycles. The lowest BCUT2D eigenvalue weighted by Crippen LogP contribution is -2.36. The fourth-order valence-corrected chi connectivity index (χ4v) is 9.09. The number of carbonyl (C=O) groups excluding carboxylic acids is 3. The summed E-state index contributed by atoms with van der Waals surface area (Å²) < 4.78 is 39.4. The third-order valence-corrected chi connectivity index (χ3v) is 11.9. The summed E-state index contributed by atoms with van der Waals surface area (Å²) in [4.78, 5) is 36.0. The van der Waals surface area contributed by atoms with Crippen LogP contribution < -0.4 is 36.1 Å². The number of nitrogens with zero attached hydrogens (tertiary/aromatic N) is 2. The number of benzene rings is 2. The molecule has 1 aromatic heterocycles. The molecule has 2 fully saturated rings. The van der Waals surface area contributed by atoms with Gasteiger partial charge >= 0.3 is 6.03 Å². The minimum Gasteiger partial charge on any atom is -0.490 e. The number of nitrogens with one attached hydrogen (secondary N) is 5. The maximum atomic E-state index is 14.0. The molecule has 3 aromatic rings. The minimum atomic E-state index is -0.343. The predicted molar refractivity (Wildman–Crippen MR) is 224 cm³/mol. The van der Waals surface area contributed by atoms with Crippen LogP contribution in [-0.2, 0) is 32.0 Å². The quantitative estimate of drug-likeness (QED) is 0.0363. The van der Waals surface area contributed by atoms with Gasteiger partial charge in [0.2, 0.25) is 11.8 Å². The lowest BCUT2D eigenvalue weighted by molar-refractivity contribution is -0.121. The van der Waals surface area contributed by atoms with Crippen molar-refractivity contribution in [3.63, 3.8) is 0 Å². The number of aromatic nitrogens is 2. The van der Waals surface area contributed by atoms with Crippen molar-refractivity contribution in [2.24, 2.45) is 0 Å². The van der Waals surface area contributed by atoms with Gasteiger partial charge in [0, 0.05) is 73.2 Å². The molecule has 6 N–H and O–H groups in total. The molecule has 3 unspecified atom stereocenters. The average Bonchev–Trinajstić information content (AvgIpc) is 3.97. The number of carbonyl (C=O) groups is 3. The molecular formula is C42H58FN7O8S. The third-order valence-electron chi connectivity index (χ3n) is 10.4. The minimum absolute atomic E-state index is 0.0274. The second-order valence-electron chi connectivity index (χ2n) is 14.8. The maximum Gasteiger partial charge on any atom is 0.315 e. The van der Waals surface area contributed by atoms with E-state index in [2.05, 4.69) is 26.6 Å². The molecule has 2 aromatic carbocycles. The van der Waals surface area contributed by atoms with Crippen molar-refractivity contribution >= 4 is 41.1 Å². The third kappa shape index (κ3) is 12.7. The van der Waals surface area contributed by atoms with E-state index in [0.717, 1.165) is 53.8 Å². The number of thioether (sulfide) groups is 1. The van der Waals surface area contributed by atoms with Crippen molar-refractivity contribution in [1.82, 2.24) is 31.0 Å². The van der Waals surface area contributed by atoms with Crippen LogP contribution in [0.2, 0.25) is 0 Å². The summed E-state index contributed by atoms with van der Waals surface area (Å²) in [6.07, 6.45) is 6.16. The first-order valence-electron chi connectivity index (χ1n) is 20.9. The van der Waals surface area contributed by atoms with E-state index in [4.69, 9.17) is 24.0 Å². The Morgan fingerprint density at radius 1 is 0.932 bits per heavy atom. The summed E-state index contributed by atoms with van der Waals surface area (Å²) >= 11 is 1.89. The predicted octanol–water partition coefficient (Wildman–Crippen LogP) is 4.66. The highest BCUT2D eigenvalue weighted by Crippen LogP contribution is 2.46. The Bertz CT molecular complexity index is 1870. The Hall–Kier alpha value is -4.58. The summed E-state index contributed by atoms with van der Waals surface area (Å²) in [7, 11) is 0. The van der Waals surface area contributed by atoms with Crippen molar-refractivity contribution in [2.45, 2.75) is 88.6 Å². The SMILES string of the molecule is CCOc1cc2c(cc1OCCCO)-c1c(c(Nc3cccc(F)c3)nn1CCOCCOCCNC(=O)CCCCNC(=O)CCCCC1SCC3NC(=O)NC31)C2. The largest absolute Gasteiger partial charge is 0.490 e. The van der Waals surface area contributed by atoms with E-state index in [1.807, 2.05) is 35.5 Å². The molecular weight excluding hydrogens is 782 g/mol. The molecule has 1 aliphatic carbocycles. The number of amides is 4. The Morgan fingerprint density at radius 3 is 2.51 bits per heavy atom. The highest BCUT2D eigenvalue weighted by Gasteiger charge is 2.42. The first-order valence-corrected chi connectivity index (χ1v) is 21.9. The fourth-order valence-electron chi connectivity index (χ4n) is 7.55. The normalized spacial score (nSPS) is 17.5. The number of ether oxygens (including phenoxy) is 4. The summed E-state index contributed by atoms with van der Waals surface area (Å²) in [5.74, 6) is 2.46. The van der Waals surface area contributed by atoms with Crippen LogP contribution in [-0.4, -0.2) is 115 Å². The molecule has 3 atom stereocenters. The molecule has 0 bridgehead atoms. The Balaban J connectivity index is 0.844. The molecule has 2 aliphatic heterocycles. The van der Waals surface area contributed by atoms with E-state index in [1.165, 1.54) is 12.1 Å². The second-order valence-corrected chi connectivity index (χ2v) is 16.0. The average molecular weight is 840 g/mol. The molecule has 15 nitrogen and oxygen atoms in total. The van der Waals surface area contributed by atoms with Crippen molar-refractivity contribution in [2.75, 3.05) is 70.4 Å². The number of halogens is 1. The van der Waals surface area contributed by atoms with Gasteiger partial charge in [0.15, 0.2) is 17.3 Å². The summed E-state index contributed by atoms with van der Waals surface area (Å²) in [6.45, 7) is 5.66. The van der Waals surface area contributed by atoms with Crippen LogP contribution >= 0.6 is 11.8 Å². The second kappa shape index (κ2) is 22.7. The van der Waals surface area contributed by atoms with Gasteiger partial charge in [-0.15, -0.1) is 0 Å². The van der Waals surface area contributed by atoms with Crippen LogP contribution in [0.5, 0.6) is 11.5 Å². The van der Waals surface area contributed by atoms with E-state index in [0.29, 0.717) is 120 Å². The molecule has 6 rings (SSSR count). The number of aliphatic hydroxyl groups is 1. The van der Waals surface area contributed by atoms with Crippen molar-refractivity contribution in [1.29, 1.82) is 0 Å². The van der Waals surface area contributed by atoms with Gasteiger partial charge in [-0.2, -0.15) is 16.9 Å². The zero-order chi connectivity index (χ0) is 41.4. The van der Waals surface area contributed by atoms with E-state index in [1.54, 1.807) is 12.1 Å². The number of aliphatic hydroxyl groups excluding tert-OH is 1. The zero-order valence-electron chi connectivity index (χ0n) is 33.8. The van der Waals surface area contributed by atoms with Gasteiger partial charge < -0.3 is 50.6 Å². The van der Waals surface area contributed by atoms with Gasteiger partial charge in [-0.1, -0.05) is 12.5 Å². The molecule has 59 heavy (non-hydrogen) atoms. The van der Waals surface area contributed by atoms with Crippen LogP contribution in [0.3, 0.4) is 0 Å². The first-order chi connectivity index (χ1) is 28.8. The van der Waals surface area contributed by atoms with Gasteiger partial charge in [-0.3, -0.25) is 14.3 Å². The molecule has 3 heterocycles. The number of hydrogen-bond donors (Lipinski definition) is 6. The van der Waals surface area contributed by atoms with Crippen molar-refractivity contribution < 1.29 is 42.8 Å². The Kier molecular flexibility index (Phi) is 16.9. The van der Waals surface area contributed by atoms with E-state index in [9.17, 15) is 23.9 Å². The maximum absolute atomic E-state index is 14.0. The number of anilines is 2. The first kappa shape index (κ1) is 44.0. The van der Waals surface area contributed by atoms with Crippen LogP contribution in [0.1, 0.15) is 69.4 Å². The van der Waals surface area contributed by atoms with Gasteiger partial charge in [0.25, 0.3) is 0 Å². The van der Waals surface area contributed by atoms with Crippen LogP contribution in [0, 0.1) is 5.82 Å². The number of rotatable bonds is 27. The van der Waals surface area contributed by atoms with Crippen molar-refractivity contribution in [3.8, 4) is 22.8 Å². The number of urea groups is 1. The van der Waals surface area contributed by atoms with Crippen LogP contribution in [0.25, 0.3) is 11.3 Å². The highest BCUT2D eigenvalue weighted by atomic mass is 32.2. The zero-order valence-corrected chi connectivity index (χ0v) is 34.6. The highest BCUT2D eigenvalue weighted by molar-refractivity contribution is 8.00. The summed E-state index contributed by atoms with van der Waals surface area (Å²) in [5, 5.41) is 29.6. The number of unbranched alkanes of at least 4 members (excludes halogenated alkanes) is 2. The molecule has 4 amide bonds. The summed E-state index contributed by atoms with van der Waals surface area (Å²) in [6, 6.07) is 10.6. The van der Waals surface area contributed by atoms with Crippen molar-refractivity contribution in [3.05, 3.63) is 53.3 Å². The van der Waals surface area contributed by atoms with Gasteiger partial charge in [-0.05, 0) is 68.5 Å². The molecule has 322 valence electrons. The monoisotopic (exact) mass is 839 g/mol. The van der Waals surface area contributed by atoms with Gasteiger partial charge in [0.1, 0.15) is 5.82 Å².